The maximum absolute atomic E-state index is 13.1. The van der Waals surface area contributed by atoms with Gasteiger partial charge in [0.1, 0.15) is 28.6 Å². The van der Waals surface area contributed by atoms with Crippen molar-refractivity contribution in [3.63, 3.8) is 0 Å². The monoisotopic (exact) mass is 373 g/mol. The molecular weight excluding hydrogens is 355 g/mol. The SMILES string of the molecule is Cc1ccc(Oc2ccc(Oc3ccc(N)cc3C(F)(F)F)cc2)c(C)c1. The number of halogens is 3. The largest absolute Gasteiger partial charge is 0.457 e. The zero-order valence-corrected chi connectivity index (χ0v) is 14.8. The van der Waals surface area contributed by atoms with Crippen molar-refractivity contribution in [3.8, 4) is 23.0 Å². The molecule has 0 unspecified atom stereocenters. The fourth-order valence-corrected chi connectivity index (χ4v) is 2.60. The first-order valence-electron chi connectivity index (χ1n) is 8.22. The van der Waals surface area contributed by atoms with E-state index in [0.717, 1.165) is 17.2 Å². The summed E-state index contributed by atoms with van der Waals surface area (Å²) in [4.78, 5) is 0. The van der Waals surface area contributed by atoms with Gasteiger partial charge in [-0.1, -0.05) is 17.7 Å². The summed E-state index contributed by atoms with van der Waals surface area (Å²) in [6, 6.07) is 15.6. The molecule has 0 saturated heterocycles. The Morgan fingerprint density at radius 1 is 0.741 bits per heavy atom. The number of hydrogen-bond donors (Lipinski definition) is 1. The van der Waals surface area contributed by atoms with Crippen molar-refractivity contribution in [2.75, 3.05) is 5.73 Å². The standard InChI is InChI=1S/C21H18F3NO2/c1-13-3-9-19(14(2)11-13)26-16-5-7-17(8-6-16)27-20-10-4-15(25)12-18(20)21(22,23)24/h3-12H,25H2,1-2H3. The quantitative estimate of drug-likeness (QED) is 0.532. The third kappa shape index (κ3) is 4.53. The highest BCUT2D eigenvalue weighted by Crippen LogP contribution is 2.39. The topological polar surface area (TPSA) is 44.5 Å². The van der Waals surface area contributed by atoms with E-state index >= 15 is 0 Å². The van der Waals surface area contributed by atoms with E-state index in [2.05, 4.69) is 0 Å². The Bertz CT molecular complexity index is 951. The van der Waals surface area contributed by atoms with Crippen LogP contribution in [-0.2, 0) is 6.18 Å². The summed E-state index contributed by atoms with van der Waals surface area (Å²) in [5.74, 6) is 1.23. The molecule has 0 heterocycles. The second kappa shape index (κ2) is 7.23. The van der Waals surface area contributed by atoms with Gasteiger partial charge in [0.05, 0.1) is 0 Å². The second-order valence-electron chi connectivity index (χ2n) is 6.20. The molecule has 0 aliphatic heterocycles. The lowest BCUT2D eigenvalue weighted by Gasteiger charge is -2.15. The van der Waals surface area contributed by atoms with Crippen LogP contribution in [0, 0.1) is 13.8 Å². The van der Waals surface area contributed by atoms with Crippen LogP contribution in [-0.4, -0.2) is 0 Å². The molecule has 0 fully saturated rings. The van der Waals surface area contributed by atoms with Crippen LogP contribution in [0.4, 0.5) is 18.9 Å². The van der Waals surface area contributed by atoms with Crippen LogP contribution >= 0.6 is 0 Å². The zero-order chi connectivity index (χ0) is 19.6. The first kappa shape index (κ1) is 18.6. The summed E-state index contributed by atoms with van der Waals surface area (Å²) in [6.45, 7) is 3.94. The minimum Gasteiger partial charge on any atom is -0.457 e. The highest BCUT2D eigenvalue weighted by molar-refractivity contribution is 5.50. The Labute approximate surface area is 155 Å². The fraction of sp³-hybridized carbons (Fsp3) is 0.143. The average Bonchev–Trinajstić information content (AvgIpc) is 2.59. The lowest BCUT2D eigenvalue weighted by molar-refractivity contribution is -0.138. The molecule has 0 aliphatic carbocycles. The van der Waals surface area contributed by atoms with Crippen LogP contribution in [0.5, 0.6) is 23.0 Å². The molecule has 2 N–H and O–H groups in total. The Morgan fingerprint density at radius 2 is 1.30 bits per heavy atom. The van der Waals surface area contributed by atoms with E-state index in [1.165, 1.54) is 12.1 Å². The van der Waals surface area contributed by atoms with Crippen molar-refractivity contribution in [2.45, 2.75) is 20.0 Å². The highest BCUT2D eigenvalue weighted by Gasteiger charge is 2.34. The van der Waals surface area contributed by atoms with Gasteiger partial charge >= 0.3 is 6.18 Å². The number of nitrogens with two attached hydrogens (primary N) is 1. The molecule has 3 aromatic rings. The molecule has 3 nitrogen and oxygen atoms in total. The van der Waals surface area contributed by atoms with Crippen LogP contribution in [0.2, 0.25) is 0 Å². The number of hydrogen-bond acceptors (Lipinski definition) is 3. The Balaban J connectivity index is 1.79. The maximum atomic E-state index is 13.1. The third-order valence-electron chi connectivity index (χ3n) is 3.92. The predicted molar refractivity (Wildman–Crippen MR) is 98.4 cm³/mol. The summed E-state index contributed by atoms with van der Waals surface area (Å²) in [6.07, 6.45) is -4.56. The highest BCUT2D eigenvalue weighted by atomic mass is 19.4. The Morgan fingerprint density at radius 3 is 1.85 bits per heavy atom. The lowest BCUT2D eigenvalue weighted by Crippen LogP contribution is -2.08. The Hall–Kier alpha value is -3.15. The molecule has 0 bridgehead atoms. The van der Waals surface area contributed by atoms with Crippen molar-refractivity contribution in [3.05, 3.63) is 77.4 Å². The van der Waals surface area contributed by atoms with Gasteiger partial charge < -0.3 is 15.2 Å². The molecule has 0 saturated carbocycles. The predicted octanol–water partition coefficient (Wildman–Crippen LogP) is 6.49. The van der Waals surface area contributed by atoms with E-state index in [4.69, 9.17) is 15.2 Å². The van der Waals surface area contributed by atoms with E-state index < -0.39 is 11.7 Å². The zero-order valence-electron chi connectivity index (χ0n) is 14.8. The van der Waals surface area contributed by atoms with Gasteiger partial charge in [-0.25, -0.2) is 0 Å². The number of alkyl halides is 3. The summed E-state index contributed by atoms with van der Waals surface area (Å²) in [5, 5.41) is 0. The average molecular weight is 373 g/mol. The molecule has 0 amide bonds. The van der Waals surface area contributed by atoms with Crippen molar-refractivity contribution in [1.29, 1.82) is 0 Å². The van der Waals surface area contributed by atoms with Gasteiger partial charge in [0.2, 0.25) is 0 Å². The van der Waals surface area contributed by atoms with E-state index in [1.54, 1.807) is 24.3 Å². The molecule has 27 heavy (non-hydrogen) atoms. The molecule has 0 radical (unpaired) electrons. The van der Waals surface area contributed by atoms with Crippen molar-refractivity contribution in [1.82, 2.24) is 0 Å². The normalized spacial score (nSPS) is 11.3. The van der Waals surface area contributed by atoms with E-state index in [0.29, 0.717) is 11.5 Å². The number of nitrogen functional groups attached to an aromatic ring is 1. The van der Waals surface area contributed by atoms with Gasteiger partial charge in [-0.3, -0.25) is 0 Å². The molecule has 6 heteroatoms. The van der Waals surface area contributed by atoms with Crippen molar-refractivity contribution < 1.29 is 22.6 Å². The molecule has 0 atom stereocenters. The van der Waals surface area contributed by atoms with Crippen molar-refractivity contribution in [2.24, 2.45) is 0 Å². The number of anilines is 1. The van der Waals surface area contributed by atoms with E-state index in [-0.39, 0.29) is 17.2 Å². The number of benzene rings is 3. The Kier molecular flexibility index (Phi) is 4.99. The molecule has 3 rings (SSSR count). The van der Waals surface area contributed by atoms with Crippen molar-refractivity contribution >= 4 is 5.69 Å². The van der Waals surface area contributed by atoms with Crippen LogP contribution in [0.25, 0.3) is 0 Å². The lowest BCUT2D eigenvalue weighted by atomic mass is 10.1. The molecule has 0 aliphatic rings. The minimum atomic E-state index is -4.56. The van der Waals surface area contributed by atoms with Crippen LogP contribution in [0.15, 0.2) is 60.7 Å². The molecular formula is C21H18F3NO2. The number of rotatable bonds is 4. The van der Waals surface area contributed by atoms with Gasteiger partial charge in [0, 0.05) is 5.69 Å². The summed E-state index contributed by atoms with van der Waals surface area (Å²) in [7, 11) is 0. The summed E-state index contributed by atoms with van der Waals surface area (Å²) in [5.41, 5.74) is 6.69. The third-order valence-corrected chi connectivity index (χ3v) is 3.92. The first-order chi connectivity index (χ1) is 12.7. The van der Waals surface area contributed by atoms with Gasteiger partial charge in [-0.05, 0) is 67.9 Å². The van der Waals surface area contributed by atoms with Gasteiger partial charge in [-0.15, -0.1) is 0 Å². The molecule has 0 spiro atoms. The van der Waals surface area contributed by atoms with E-state index in [9.17, 15) is 13.2 Å². The smallest absolute Gasteiger partial charge is 0.420 e. The minimum absolute atomic E-state index is 0.0203. The fourth-order valence-electron chi connectivity index (χ4n) is 2.60. The van der Waals surface area contributed by atoms with Gasteiger partial charge in [0.25, 0.3) is 0 Å². The second-order valence-corrected chi connectivity index (χ2v) is 6.20. The van der Waals surface area contributed by atoms with Gasteiger partial charge in [-0.2, -0.15) is 13.2 Å². The number of aryl methyl sites for hydroxylation is 2. The summed E-state index contributed by atoms with van der Waals surface area (Å²) >= 11 is 0. The van der Waals surface area contributed by atoms with E-state index in [1.807, 2.05) is 32.0 Å². The van der Waals surface area contributed by atoms with Crippen LogP contribution in [0.1, 0.15) is 16.7 Å². The summed E-state index contributed by atoms with van der Waals surface area (Å²) < 4.78 is 50.7. The van der Waals surface area contributed by atoms with Crippen LogP contribution < -0.4 is 15.2 Å². The maximum Gasteiger partial charge on any atom is 0.420 e. The first-order valence-corrected chi connectivity index (χ1v) is 8.22. The molecule has 140 valence electrons. The molecule has 3 aromatic carbocycles. The number of ether oxygens (including phenoxy) is 2. The molecule has 0 aromatic heterocycles. The van der Waals surface area contributed by atoms with Crippen LogP contribution in [0.3, 0.4) is 0 Å². The van der Waals surface area contributed by atoms with Gasteiger partial charge in [0.15, 0.2) is 0 Å².